The summed E-state index contributed by atoms with van der Waals surface area (Å²) in [5, 5.41) is 18.2. The Morgan fingerprint density at radius 1 is 1.00 bits per heavy atom. The van der Waals surface area contributed by atoms with E-state index in [4.69, 9.17) is 5.10 Å². The molecule has 3 heterocycles. The second-order valence-corrected chi connectivity index (χ2v) is 8.79. The van der Waals surface area contributed by atoms with Crippen LogP contribution in [0.2, 0.25) is 0 Å². The number of nitrogens with zero attached hydrogens (tertiary/aromatic N) is 4. The number of thiophene rings is 1. The number of anilines is 1. The zero-order valence-electron chi connectivity index (χ0n) is 16.2. The molecule has 0 aliphatic carbocycles. The lowest BCUT2D eigenvalue weighted by Gasteiger charge is -2.08. The van der Waals surface area contributed by atoms with Crippen LogP contribution in [0.15, 0.2) is 82.6 Å². The molecule has 0 radical (unpaired) electrons. The third-order valence-corrected chi connectivity index (χ3v) is 6.12. The standard InChI is InChI=1S/C23H16BrN5OS/c24-17-8-6-15(7-9-17)13-22(30)25-18-4-1-3-16(14-18)19-10-11-21-26-27-23(29(21)28-19)20-5-2-12-31-20/h1-12,14H,13H2,(H,25,30). The predicted molar refractivity (Wildman–Crippen MR) is 126 cm³/mol. The minimum atomic E-state index is -0.0679. The van der Waals surface area contributed by atoms with Crippen LogP contribution in [0.3, 0.4) is 0 Å². The maximum absolute atomic E-state index is 12.5. The van der Waals surface area contributed by atoms with Crippen molar-refractivity contribution in [3.63, 3.8) is 0 Å². The molecule has 3 aromatic heterocycles. The van der Waals surface area contributed by atoms with Gasteiger partial charge >= 0.3 is 0 Å². The molecular weight excluding hydrogens is 474 g/mol. The third-order valence-electron chi connectivity index (χ3n) is 4.72. The molecule has 0 atom stereocenters. The van der Waals surface area contributed by atoms with Gasteiger partial charge in [-0.15, -0.1) is 21.5 Å². The molecule has 152 valence electrons. The smallest absolute Gasteiger partial charge is 0.228 e. The fourth-order valence-electron chi connectivity index (χ4n) is 3.25. The number of carbonyl (C=O) groups is 1. The summed E-state index contributed by atoms with van der Waals surface area (Å²) < 4.78 is 2.74. The molecule has 0 saturated heterocycles. The first-order valence-corrected chi connectivity index (χ1v) is 11.2. The van der Waals surface area contributed by atoms with Crippen LogP contribution in [-0.4, -0.2) is 25.7 Å². The van der Waals surface area contributed by atoms with Crippen molar-refractivity contribution in [3.8, 4) is 22.0 Å². The van der Waals surface area contributed by atoms with Gasteiger partial charge in [-0.05, 0) is 53.4 Å². The van der Waals surface area contributed by atoms with Crippen LogP contribution in [0.5, 0.6) is 0 Å². The van der Waals surface area contributed by atoms with E-state index in [1.54, 1.807) is 15.9 Å². The summed E-state index contributed by atoms with van der Waals surface area (Å²) >= 11 is 5.00. The second kappa shape index (κ2) is 8.41. The first kappa shape index (κ1) is 19.6. The summed E-state index contributed by atoms with van der Waals surface area (Å²) in [4.78, 5) is 13.5. The Morgan fingerprint density at radius 3 is 2.68 bits per heavy atom. The Kier molecular flexibility index (Phi) is 5.31. The van der Waals surface area contributed by atoms with Gasteiger partial charge in [-0.2, -0.15) is 9.61 Å². The largest absolute Gasteiger partial charge is 0.326 e. The number of hydrogen-bond donors (Lipinski definition) is 1. The SMILES string of the molecule is O=C(Cc1ccc(Br)cc1)Nc1cccc(-c2ccc3nnc(-c4cccs4)n3n2)c1. The van der Waals surface area contributed by atoms with E-state index in [9.17, 15) is 4.79 Å². The molecule has 5 rings (SSSR count). The summed E-state index contributed by atoms with van der Waals surface area (Å²) in [5.41, 5.74) is 4.04. The summed E-state index contributed by atoms with van der Waals surface area (Å²) in [6.07, 6.45) is 0.312. The number of nitrogens with one attached hydrogen (secondary N) is 1. The Bertz CT molecular complexity index is 1360. The highest BCUT2D eigenvalue weighted by Gasteiger charge is 2.12. The molecule has 31 heavy (non-hydrogen) atoms. The van der Waals surface area contributed by atoms with Crippen molar-refractivity contribution in [1.29, 1.82) is 0 Å². The van der Waals surface area contributed by atoms with E-state index in [0.717, 1.165) is 31.9 Å². The van der Waals surface area contributed by atoms with Gasteiger partial charge < -0.3 is 5.32 Å². The number of halogens is 1. The summed E-state index contributed by atoms with van der Waals surface area (Å²) in [5.74, 6) is 0.646. The molecule has 1 N–H and O–H groups in total. The van der Waals surface area contributed by atoms with E-state index in [0.29, 0.717) is 17.9 Å². The number of carbonyl (C=O) groups excluding carboxylic acids is 1. The van der Waals surface area contributed by atoms with Crippen molar-refractivity contribution in [2.45, 2.75) is 6.42 Å². The van der Waals surface area contributed by atoms with E-state index in [-0.39, 0.29) is 5.91 Å². The maximum Gasteiger partial charge on any atom is 0.228 e. The van der Waals surface area contributed by atoms with Gasteiger partial charge in [0.15, 0.2) is 11.5 Å². The van der Waals surface area contributed by atoms with E-state index in [1.807, 2.05) is 78.2 Å². The summed E-state index contributed by atoms with van der Waals surface area (Å²) in [6, 6.07) is 23.2. The monoisotopic (exact) mass is 489 g/mol. The van der Waals surface area contributed by atoms with E-state index in [1.165, 1.54) is 0 Å². The zero-order chi connectivity index (χ0) is 21.2. The van der Waals surface area contributed by atoms with Crippen LogP contribution in [0.4, 0.5) is 5.69 Å². The lowest BCUT2D eigenvalue weighted by Crippen LogP contribution is -2.14. The van der Waals surface area contributed by atoms with E-state index in [2.05, 4.69) is 31.4 Å². The number of benzene rings is 2. The Balaban J connectivity index is 1.39. The molecule has 0 fully saturated rings. The van der Waals surface area contributed by atoms with Crippen molar-refractivity contribution < 1.29 is 4.79 Å². The lowest BCUT2D eigenvalue weighted by atomic mass is 10.1. The molecule has 0 unspecified atom stereocenters. The van der Waals surface area contributed by atoms with Gasteiger partial charge in [-0.25, -0.2) is 0 Å². The molecule has 0 aliphatic heterocycles. The summed E-state index contributed by atoms with van der Waals surface area (Å²) in [7, 11) is 0. The van der Waals surface area contributed by atoms with Crippen molar-refractivity contribution >= 4 is 44.5 Å². The van der Waals surface area contributed by atoms with Gasteiger partial charge in [-0.1, -0.05) is 46.3 Å². The Labute approximate surface area is 190 Å². The molecule has 1 amide bonds. The van der Waals surface area contributed by atoms with E-state index >= 15 is 0 Å². The molecule has 0 aliphatic rings. The molecular formula is C23H16BrN5OS. The number of fused-ring (bicyclic) bond motifs is 1. The van der Waals surface area contributed by atoms with E-state index < -0.39 is 0 Å². The lowest BCUT2D eigenvalue weighted by molar-refractivity contribution is -0.115. The fourth-order valence-corrected chi connectivity index (χ4v) is 4.21. The van der Waals surface area contributed by atoms with Crippen molar-refractivity contribution in [2.75, 3.05) is 5.32 Å². The van der Waals surface area contributed by atoms with Gasteiger partial charge in [-0.3, -0.25) is 4.79 Å². The molecule has 8 heteroatoms. The molecule has 6 nitrogen and oxygen atoms in total. The predicted octanol–water partition coefficient (Wildman–Crippen LogP) is 5.46. The highest BCUT2D eigenvalue weighted by Crippen LogP contribution is 2.25. The van der Waals surface area contributed by atoms with Crippen LogP contribution in [-0.2, 0) is 11.2 Å². The van der Waals surface area contributed by atoms with Gasteiger partial charge in [0.2, 0.25) is 5.91 Å². The van der Waals surface area contributed by atoms with Gasteiger partial charge in [0.05, 0.1) is 17.0 Å². The molecule has 5 aromatic rings. The second-order valence-electron chi connectivity index (χ2n) is 6.92. The van der Waals surface area contributed by atoms with Crippen LogP contribution in [0, 0.1) is 0 Å². The number of hydrogen-bond acceptors (Lipinski definition) is 5. The number of rotatable bonds is 5. The van der Waals surface area contributed by atoms with Crippen LogP contribution >= 0.6 is 27.3 Å². The number of amides is 1. The topological polar surface area (TPSA) is 72.2 Å². The number of aromatic nitrogens is 4. The average Bonchev–Trinajstić information content (AvgIpc) is 3.44. The molecule has 0 saturated carbocycles. The molecule has 0 spiro atoms. The van der Waals surface area contributed by atoms with Crippen LogP contribution in [0.1, 0.15) is 5.56 Å². The minimum absolute atomic E-state index is 0.0679. The molecule has 0 bridgehead atoms. The Morgan fingerprint density at radius 2 is 1.87 bits per heavy atom. The fraction of sp³-hybridized carbons (Fsp3) is 0.0435. The van der Waals surface area contributed by atoms with Crippen molar-refractivity contribution in [3.05, 3.63) is 88.2 Å². The first-order valence-electron chi connectivity index (χ1n) is 9.57. The third kappa shape index (κ3) is 4.26. The van der Waals surface area contributed by atoms with Crippen LogP contribution in [0.25, 0.3) is 27.6 Å². The van der Waals surface area contributed by atoms with Crippen LogP contribution < -0.4 is 5.32 Å². The highest BCUT2D eigenvalue weighted by molar-refractivity contribution is 9.10. The maximum atomic E-state index is 12.5. The summed E-state index contributed by atoms with van der Waals surface area (Å²) in [6.45, 7) is 0. The first-order chi connectivity index (χ1) is 15.2. The van der Waals surface area contributed by atoms with Gasteiger partial charge in [0, 0.05) is 15.7 Å². The Hall–Kier alpha value is -3.36. The highest BCUT2D eigenvalue weighted by atomic mass is 79.9. The van der Waals surface area contributed by atoms with Crippen molar-refractivity contribution in [2.24, 2.45) is 0 Å². The average molecular weight is 490 g/mol. The van der Waals surface area contributed by atoms with Gasteiger partial charge in [0.25, 0.3) is 0 Å². The normalized spacial score (nSPS) is 11.0. The van der Waals surface area contributed by atoms with Crippen molar-refractivity contribution in [1.82, 2.24) is 19.8 Å². The zero-order valence-corrected chi connectivity index (χ0v) is 18.6. The minimum Gasteiger partial charge on any atom is -0.326 e. The van der Waals surface area contributed by atoms with Gasteiger partial charge in [0.1, 0.15) is 0 Å². The quantitative estimate of drug-likeness (QED) is 0.355. The molecule has 2 aromatic carbocycles.